The lowest BCUT2D eigenvalue weighted by molar-refractivity contribution is -0.144. The Labute approximate surface area is 118 Å². The molecule has 0 amide bonds. The van der Waals surface area contributed by atoms with Gasteiger partial charge in [-0.25, -0.2) is 8.42 Å². The molecule has 0 aromatic heterocycles. The average molecular weight is 298 g/mol. The molecule has 1 atom stereocenters. The maximum atomic E-state index is 12.5. The van der Waals surface area contributed by atoms with Crippen molar-refractivity contribution in [2.24, 2.45) is 5.92 Å². The molecule has 1 aliphatic rings. The van der Waals surface area contributed by atoms with Gasteiger partial charge in [0.05, 0.1) is 18.7 Å². The predicted octanol–water partition coefficient (Wildman–Crippen LogP) is 0.761. The molecule has 1 fully saturated rings. The molecule has 6 nitrogen and oxygen atoms in total. The Morgan fingerprint density at radius 1 is 1.45 bits per heavy atom. The molecule has 1 heterocycles. The van der Waals surface area contributed by atoms with Crippen LogP contribution < -0.4 is 5.73 Å². The average Bonchev–Trinajstić information content (AvgIpc) is 2.87. The standard InChI is InChI=1S/C13H18N2O4S/c1-9-3-4-12(11(14)7-9)20(17,18)15-6-5-10(8-15)13(16)19-2/h3-4,7,10H,5-6,8,14H2,1-2H3. The summed E-state index contributed by atoms with van der Waals surface area (Å²) in [6, 6.07) is 4.84. The summed E-state index contributed by atoms with van der Waals surface area (Å²) in [7, 11) is -2.36. The molecule has 0 radical (unpaired) electrons. The molecule has 0 aliphatic carbocycles. The molecule has 2 N–H and O–H groups in total. The molecule has 0 saturated carbocycles. The number of nitrogens with two attached hydrogens (primary N) is 1. The summed E-state index contributed by atoms with van der Waals surface area (Å²) in [5.74, 6) is -0.777. The van der Waals surface area contributed by atoms with E-state index in [1.54, 1.807) is 12.1 Å². The number of sulfonamides is 1. The third-order valence-electron chi connectivity index (χ3n) is 3.47. The normalized spacial score (nSPS) is 20.0. The molecule has 1 aliphatic heterocycles. The predicted molar refractivity (Wildman–Crippen MR) is 74.5 cm³/mol. The minimum atomic E-state index is -3.66. The molecule has 1 saturated heterocycles. The second-order valence-corrected chi connectivity index (χ2v) is 6.82. The highest BCUT2D eigenvalue weighted by molar-refractivity contribution is 7.89. The highest BCUT2D eigenvalue weighted by atomic mass is 32.2. The third kappa shape index (κ3) is 2.64. The summed E-state index contributed by atoms with van der Waals surface area (Å²) in [5, 5.41) is 0. The first-order valence-electron chi connectivity index (χ1n) is 6.30. The molecular formula is C13H18N2O4S. The van der Waals surface area contributed by atoms with Crippen LogP contribution in [0.15, 0.2) is 23.1 Å². The quantitative estimate of drug-likeness (QED) is 0.657. The Morgan fingerprint density at radius 2 is 2.15 bits per heavy atom. The largest absolute Gasteiger partial charge is 0.469 e. The number of nitrogens with zero attached hydrogens (tertiary/aromatic N) is 1. The molecule has 20 heavy (non-hydrogen) atoms. The van der Waals surface area contributed by atoms with Gasteiger partial charge in [0.15, 0.2) is 0 Å². The van der Waals surface area contributed by atoms with E-state index in [4.69, 9.17) is 5.73 Å². The number of ether oxygens (including phenoxy) is 1. The van der Waals surface area contributed by atoms with Crippen LogP contribution in [0.2, 0.25) is 0 Å². The third-order valence-corrected chi connectivity index (χ3v) is 5.41. The summed E-state index contributed by atoms with van der Waals surface area (Å²) < 4.78 is 31.0. The molecule has 0 spiro atoms. The molecule has 2 rings (SSSR count). The fourth-order valence-electron chi connectivity index (χ4n) is 2.35. The number of hydrogen-bond donors (Lipinski definition) is 1. The van der Waals surface area contributed by atoms with Crippen molar-refractivity contribution in [2.45, 2.75) is 18.2 Å². The molecule has 1 aromatic carbocycles. The Bertz CT molecular complexity index is 627. The summed E-state index contributed by atoms with van der Waals surface area (Å²) >= 11 is 0. The van der Waals surface area contributed by atoms with Crippen molar-refractivity contribution >= 4 is 21.7 Å². The van der Waals surface area contributed by atoms with Crippen LogP contribution in [0.5, 0.6) is 0 Å². The van der Waals surface area contributed by atoms with Gasteiger partial charge in [-0.05, 0) is 31.0 Å². The van der Waals surface area contributed by atoms with E-state index >= 15 is 0 Å². The maximum absolute atomic E-state index is 12.5. The smallest absolute Gasteiger partial charge is 0.310 e. The van der Waals surface area contributed by atoms with Crippen molar-refractivity contribution in [1.29, 1.82) is 0 Å². The van der Waals surface area contributed by atoms with E-state index in [-0.39, 0.29) is 23.1 Å². The molecule has 1 unspecified atom stereocenters. The Kier molecular flexibility index (Phi) is 4.01. The van der Waals surface area contributed by atoms with Crippen LogP contribution in [-0.4, -0.2) is 38.9 Å². The second-order valence-electron chi connectivity index (χ2n) is 4.91. The zero-order chi connectivity index (χ0) is 14.9. The van der Waals surface area contributed by atoms with Crippen molar-refractivity contribution < 1.29 is 17.9 Å². The first-order chi connectivity index (χ1) is 9.36. The highest BCUT2D eigenvalue weighted by Crippen LogP contribution is 2.28. The first kappa shape index (κ1) is 14.8. The number of carbonyl (C=O) groups is 1. The fraction of sp³-hybridized carbons (Fsp3) is 0.462. The van der Waals surface area contributed by atoms with E-state index < -0.39 is 15.9 Å². The molecule has 110 valence electrons. The van der Waals surface area contributed by atoms with Crippen molar-refractivity contribution in [3.8, 4) is 0 Å². The van der Waals surface area contributed by atoms with Gasteiger partial charge in [-0.2, -0.15) is 4.31 Å². The Balaban J connectivity index is 2.26. The van der Waals surface area contributed by atoms with E-state index in [0.29, 0.717) is 13.0 Å². The van der Waals surface area contributed by atoms with Gasteiger partial charge >= 0.3 is 5.97 Å². The lowest BCUT2D eigenvalue weighted by Gasteiger charge is -2.17. The number of nitrogen functional groups attached to an aromatic ring is 1. The second kappa shape index (κ2) is 5.41. The van der Waals surface area contributed by atoms with Crippen LogP contribution in [0.1, 0.15) is 12.0 Å². The Morgan fingerprint density at radius 3 is 2.75 bits per heavy atom. The minimum Gasteiger partial charge on any atom is -0.469 e. The number of benzene rings is 1. The van der Waals surface area contributed by atoms with Gasteiger partial charge in [0.2, 0.25) is 10.0 Å². The van der Waals surface area contributed by atoms with Gasteiger partial charge in [0, 0.05) is 13.1 Å². The van der Waals surface area contributed by atoms with Crippen molar-refractivity contribution in [2.75, 3.05) is 25.9 Å². The summed E-state index contributed by atoms with van der Waals surface area (Å²) in [6.45, 7) is 2.29. The van der Waals surface area contributed by atoms with Crippen LogP contribution in [0.3, 0.4) is 0 Å². The van der Waals surface area contributed by atoms with Crippen LogP contribution in [0.4, 0.5) is 5.69 Å². The van der Waals surface area contributed by atoms with Gasteiger partial charge in [-0.15, -0.1) is 0 Å². The maximum Gasteiger partial charge on any atom is 0.310 e. The monoisotopic (exact) mass is 298 g/mol. The summed E-state index contributed by atoms with van der Waals surface area (Å²) in [4.78, 5) is 11.6. The van der Waals surface area contributed by atoms with Crippen molar-refractivity contribution in [3.63, 3.8) is 0 Å². The molecule has 1 aromatic rings. The van der Waals surface area contributed by atoms with Crippen LogP contribution in [0, 0.1) is 12.8 Å². The topological polar surface area (TPSA) is 89.7 Å². The number of carbonyl (C=O) groups excluding carboxylic acids is 1. The van der Waals surface area contributed by atoms with E-state index in [1.807, 2.05) is 6.92 Å². The number of methoxy groups -OCH3 is 1. The van der Waals surface area contributed by atoms with Crippen molar-refractivity contribution in [1.82, 2.24) is 4.31 Å². The Hall–Kier alpha value is -1.60. The fourth-order valence-corrected chi connectivity index (χ4v) is 3.94. The van der Waals surface area contributed by atoms with E-state index in [9.17, 15) is 13.2 Å². The lowest BCUT2D eigenvalue weighted by atomic mass is 10.1. The van der Waals surface area contributed by atoms with Crippen LogP contribution in [-0.2, 0) is 19.6 Å². The van der Waals surface area contributed by atoms with E-state index in [1.165, 1.54) is 17.5 Å². The van der Waals surface area contributed by atoms with Crippen LogP contribution in [0.25, 0.3) is 0 Å². The number of aryl methyl sites for hydroxylation is 1. The molecule has 0 bridgehead atoms. The summed E-state index contributed by atoms with van der Waals surface area (Å²) in [5.41, 5.74) is 6.92. The number of esters is 1. The van der Waals surface area contributed by atoms with Gasteiger partial charge in [-0.3, -0.25) is 4.79 Å². The molecular weight excluding hydrogens is 280 g/mol. The van der Waals surface area contributed by atoms with Gasteiger partial charge in [0.25, 0.3) is 0 Å². The summed E-state index contributed by atoms with van der Waals surface area (Å²) in [6.07, 6.45) is 0.470. The zero-order valence-electron chi connectivity index (χ0n) is 11.5. The minimum absolute atomic E-state index is 0.0913. The number of anilines is 1. The first-order valence-corrected chi connectivity index (χ1v) is 7.74. The van der Waals surface area contributed by atoms with Crippen LogP contribution >= 0.6 is 0 Å². The zero-order valence-corrected chi connectivity index (χ0v) is 12.3. The SMILES string of the molecule is COC(=O)C1CCN(S(=O)(=O)c2ccc(C)cc2N)C1. The van der Waals surface area contributed by atoms with Crippen molar-refractivity contribution in [3.05, 3.63) is 23.8 Å². The molecule has 7 heteroatoms. The van der Waals surface area contributed by atoms with E-state index in [0.717, 1.165) is 5.56 Å². The highest BCUT2D eigenvalue weighted by Gasteiger charge is 2.37. The number of hydrogen-bond acceptors (Lipinski definition) is 5. The lowest BCUT2D eigenvalue weighted by Crippen LogP contribution is -2.30. The van der Waals surface area contributed by atoms with E-state index in [2.05, 4.69) is 4.74 Å². The van der Waals surface area contributed by atoms with Gasteiger partial charge in [0.1, 0.15) is 4.90 Å². The number of rotatable bonds is 3. The van der Waals surface area contributed by atoms with Gasteiger partial charge < -0.3 is 10.5 Å². The van der Waals surface area contributed by atoms with Gasteiger partial charge in [-0.1, -0.05) is 6.07 Å².